The smallest absolute Gasteiger partial charge is 0.318 e. The molecular weight excluding hydrogens is 326 g/mol. The number of nitrogens with zero attached hydrogens (tertiary/aromatic N) is 4. The van der Waals surface area contributed by atoms with E-state index in [1.807, 2.05) is 52.0 Å². The summed E-state index contributed by atoms with van der Waals surface area (Å²) in [5.74, 6) is 0. The van der Waals surface area contributed by atoms with Crippen LogP contribution in [0, 0.1) is 0 Å². The molecule has 1 saturated heterocycles. The fourth-order valence-corrected chi connectivity index (χ4v) is 3.62. The molecule has 2 amide bonds. The lowest BCUT2D eigenvalue weighted by Crippen LogP contribution is -2.42. The number of hydrogen-bond acceptors (Lipinski definition) is 3. The molecular formula is C20H23N5O. The van der Waals surface area contributed by atoms with Crippen molar-refractivity contribution in [3.8, 4) is 0 Å². The topological polar surface area (TPSA) is 62.5 Å². The third-order valence-electron chi connectivity index (χ3n) is 4.94. The predicted octanol–water partition coefficient (Wildman–Crippen LogP) is 3.56. The molecule has 4 rings (SSSR count). The monoisotopic (exact) mass is 349 g/mol. The minimum atomic E-state index is -0.0224. The number of rotatable bonds is 3. The molecule has 0 aromatic carbocycles. The number of amides is 2. The summed E-state index contributed by atoms with van der Waals surface area (Å²) >= 11 is 0. The Morgan fingerprint density at radius 1 is 1.15 bits per heavy atom. The van der Waals surface area contributed by atoms with Gasteiger partial charge in [0.05, 0.1) is 18.3 Å². The zero-order chi connectivity index (χ0) is 17.8. The van der Waals surface area contributed by atoms with Crippen molar-refractivity contribution in [1.29, 1.82) is 0 Å². The molecule has 0 spiro atoms. The van der Waals surface area contributed by atoms with Crippen LogP contribution in [-0.2, 0) is 6.54 Å². The molecule has 0 bridgehead atoms. The fraction of sp³-hybridized carbons (Fsp3) is 0.350. The van der Waals surface area contributed by atoms with Crippen LogP contribution >= 0.6 is 0 Å². The molecule has 1 aliphatic heterocycles. The highest BCUT2D eigenvalue weighted by Gasteiger charge is 2.26. The first-order valence-corrected chi connectivity index (χ1v) is 9.18. The number of nitrogens with one attached hydrogen (secondary N) is 1. The number of pyridine rings is 2. The van der Waals surface area contributed by atoms with Gasteiger partial charge in [-0.05, 0) is 42.7 Å². The van der Waals surface area contributed by atoms with Gasteiger partial charge in [0, 0.05) is 31.3 Å². The zero-order valence-electron chi connectivity index (χ0n) is 14.7. The standard InChI is InChI=1S/C20H23N5O/c26-20(22-14-17-15-24-12-5-3-7-19(24)23-17)25-13-4-1-2-6-18(25)16-8-10-21-11-9-16/h3,5,7-12,15,18H,1-2,4,6,13-14H2,(H,22,26)/t18-/m0/s1. The molecule has 1 atom stereocenters. The summed E-state index contributed by atoms with van der Waals surface area (Å²) in [6.07, 6.45) is 11.9. The van der Waals surface area contributed by atoms with Gasteiger partial charge in [0.15, 0.2) is 0 Å². The summed E-state index contributed by atoms with van der Waals surface area (Å²) < 4.78 is 1.97. The molecule has 1 aliphatic rings. The van der Waals surface area contributed by atoms with Crippen LogP contribution in [0.3, 0.4) is 0 Å². The van der Waals surface area contributed by atoms with E-state index in [-0.39, 0.29) is 12.1 Å². The Bertz CT molecular complexity index is 843. The first-order valence-electron chi connectivity index (χ1n) is 9.18. The molecule has 3 aromatic rings. The van der Waals surface area contributed by atoms with Crippen molar-refractivity contribution >= 4 is 11.7 Å². The highest BCUT2D eigenvalue weighted by Crippen LogP contribution is 2.29. The quantitative estimate of drug-likeness (QED) is 0.786. The lowest BCUT2D eigenvalue weighted by molar-refractivity contribution is 0.175. The summed E-state index contributed by atoms with van der Waals surface area (Å²) in [6, 6.07) is 10.00. The molecule has 0 unspecified atom stereocenters. The number of aromatic nitrogens is 3. The summed E-state index contributed by atoms with van der Waals surface area (Å²) in [5, 5.41) is 3.05. The van der Waals surface area contributed by atoms with E-state index in [4.69, 9.17) is 0 Å². The van der Waals surface area contributed by atoms with Crippen molar-refractivity contribution in [2.75, 3.05) is 6.54 Å². The Labute approximate surface area is 152 Å². The average molecular weight is 349 g/mol. The molecule has 1 fully saturated rings. The van der Waals surface area contributed by atoms with Gasteiger partial charge in [0.2, 0.25) is 0 Å². The van der Waals surface area contributed by atoms with Gasteiger partial charge < -0.3 is 14.6 Å². The third kappa shape index (κ3) is 3.54. The summed E-state index contributed by atoms with van der Waals surface area (Å²) in [4.78, 5) is 23.5. The van der Waals surface area contributed by atoms with Gasteiger partial charge in [-0.25, -0.2) is 9.78 Å². The van der Waals surface area contributed by atoms with Crippen molar-refractivity contribution < 1.29 is 4.79 Å². The average Bonchev–Trinajstić information content (AvgIpc) is 2.94. The van der Waals surface area contributed by atoms with Gasteiger partial charge in [-0.1, -0.05) is 18.9 Å². The second-order valence-corrected chi connectivity index (χ2v) is 6.70. The van der Waals surface area contributed by atoms with E-state index in [0.29, 0.717) is 6.54 Å². The maximum Gasteiger partial charge on any atom is 0.318 e. The zero-order valence-corrected chi connectivity index (χ0v) is 14.7. The van der Waals surface area contributed by atoms with Gasteiger partial charge in [-0.15, -0.1) is 0 Å². The second-order valence-electron chi connectivity index (χ2n) is 6.70. The van der Waals surface area contributed by atoms with Crippen molar-refractivity contribution in [2.45, 2.75) is 38.3 Å². The van der Waals surface area contributed by atoms with Crippen LogP contribution in [-0.4, -0.2) is 31.8 Å². The molecule has 0 saturated carbocycles. The SMILES string of the molecule is O=C(NCc1cn2ccccc2n1)N1CCCCC[C@H]1c1ccncc1. The van der Waals surface area contributed by atoms with Crippen molar-refractivity contribution in [1.82, 2.24) is 24.6 Å². The summed E-state index contributed by atoms with van der Waals surface area (Å²) in [7, 11) is 0. The molecule has 0 aliphatic carbocycles. The van der Waals surface area contributed by atoms with Crippen LogP contribution in [0.2, 0.25) is 0 Å². The Balaban J connectivity index is 1.47. The minimum Gasteiger partial charge on any atom is -0.332 e. The third-order valence-corrected chi connectivity index (χ3v) is 4.94. The first-order chi connectivity index (χ1) is 12.8. The van der Waals surface area contributed by atoms with E-state index in [2.05, 4.69) is 15.3 Å². The highest BCUT2D eigenvalue weighted by molar-refractivity contribution is 5.74. The van der Waals surface area contributed by atoms with Gasteiger partial charge in [-0.3, -0.25) is 4.98 Å². The Kier molecular flexibility index (Phi) is 4.82. The van der Waals surface area contributed by atoms with Crippen molar-refractivity contribution in [2.24, 2.45) is 0 Å². The number of hydrogen-bond donors (Lipinski definition) is 1. The van der Waals surface area contributed by atoms with Crippen LogP contribution in [0.1, 0.15) is 43.0 Å². The highest BCUT2D eigenvalue weighted by atomic mass is 16.2. The fourth-order valence-electron chi connectivity index (χ4n) is 3.62. The van der Waals surface area contributed by atoms with E-state index in [1.165, 1.54) is 0 Å². The Hall–Kier alpha value is -2.89. The summed E-state index contributed by atoms with van der Waals surface area (Å²) in [5.41, 5.74) is 2.91. The normalized spacial score (nSPS) is 17.8. The molecule has 0 radical (unpaired) electrons. The molecule has 26 heavy (non-hydrogen) atoms. The van der Waals surface area contributed by atoms with E-state index in [1.54, 1.807) is 12.4 Å². The van der Waals surface area contributed by atoms with Crippen LogP contribution < -0.4 is 5.32 Å². The first kappa shape index (κ1) is 16.6. The molecule has 6 nitrogen and oxygen atoms in total. The maximum atomic E-state index is 12.9. The van der Waals surface area contributed by atoms with E-state index in [0.717, 1.165) is 49.1 Å². The van der Waals surface area contributed by atoms with Gasteiger partial charge in [-0.2, -0.15) is 0 Å². The van der Waals surface area contributed by atoms with E-state index in [9.17, 15) is 4.79 Å². The lowest BCUT2D eigenvalue weighted by Gasteiger charge is -2.30. The van der Waals surface area contributed by atoms with E-state index < -0.39 is 0 Å². The van der Waals surface area contributed by atoms with Crippen LogP contribution in [0.25, 0.3) is 5.65 Å². The van der Waals surface area contributed by atoms with E-state index >= 15 is 0 Å². The molecule has 3 aromatic heterocycles. The Morgan fingerprint density at radius 3 is 2.88 bits per heavy atom. The number of carbonyl (C=O) groups is 1. The van der Waals surface area contributed by atoms with Crippen molar-refractivity contribution in [3.63, 3.8) is 0 Å². The predicted molar refractivity (Wildman–Crippen MR) is 99.6 cm³/mol. The van der Waals surface area contributed by atoms with Gasteiger partial charge in [0.25, 0.3) is 0 Å². The number of urea groups is 1. The second kappa shape index (κ2) is 7.56. The Morgan fingerprint density at radius 2 is 2.04 bits per heavy atom. The summed E-state index contributed by atoms with van der Waals surface area (Å²) in [6.45, 7) is 1.21. The molecule has 134 valence electrons. The largest absolute Gasteiger partial charge is 0.332 e. The van der Waals surface area contributed by atoms with Crippen LogP contribution in [0.4, 0.5) is 4.79 Å². The number of carbonyl (C=O) groups excluding carboxylic acids is 1. The van der Waals surface area contributed by atoms with Gasteiger partial charge >= 0.3 is 6.03 Å². The molecule has 6 heteroatoms. The molecule has 4 heterocycles. The number of likely N-dealkylation sites (tertiary alicyclic amines) is 1. The number of fused-ring (bicyclic) bond motifs is 1. The minimum absolute atomic E-state index is 0.0224. The molecule has 1 N–H and O–H groups in total. The van der Waals surface area contributed by atoms with Crippen LogP contribution in [0.5, 0.6) is 0 Å². The maximum absolute atomic E-state index is 12.9. The lowest BCUT2D eigenvalue weighted by atomic mass is 10.0. The van der Waals surface area contributed by atoms with Crippen LogP contribution in [0.15, 0.2) is 55.1 Å². The number of imidazole rings is 1. The van der Waals surface area contributed by atoms with Crippen molar-refractivity contribution in [3.05, 3.63) is 66.4 Å². The van der Waals surface area contributed by atoms with Gasteiger partial charge in [0.1, 0.15) is 5.65 Å².